The van der Waals surface area contributed by atoms with Gasteiger partial charge in [0.1, 0.15) is 11.6 Å². The van der Waals surface area contributed by atoms with E-state index in [1.807, 2.05) is 0 Å². The van der Waals surface area contributed by atoms with Crippen LogP contribution in [0.2, 0.25) is 5.02 Å². The summed E-state index contributed by atoms with van der Waals surface area (Å²) in [5.41, 5.74) is 0.988. The van der Waals surface area contributed by atoms with Crippen molar-refractivity contribution in [2.45, 2.75) is 57.8 Å². The smallest absolute Gasteiger partial charge is 0.343 e. The van der Waals surface area contributed by atoms with Crippen LogP contribution in [-0.4, -0.2) is 5.97 Å². The molecule has 29 heavy (non-hydrogen) atoms. The molecule has 0 amide bonds. The van der Waals surface area contributed by atoms with E-state index < -0.39 is 5.97 Å². The van der Waals surface area contributed by atoms with Crippen LogP contribution in [0, 0.1) is 23.6 Å². The van der Waals surface area contributed by atoms with E-state index in [-0.39, 0.29) is 17.3 Å². The zero-order chi connectivity index (χ0) is 20.4. The summed E-state index contributed by atoms with van der Waals surface area (Å²) in [5, 5.41) is 0.568. The number of esters is 1. The van der Waals surface area contributed by atoms with Gasteiger partial charge in [-0.1, -0.05) is 37.4 Å². The minimum absolute atomic E-state index is 0.235. The van der Waals surface area contributed by atoms with Crippen molar-refractivity contribution < 1.29 is 13.9 Å². The molecule has 0 saturated heterocycles. The van der Waals surface area contributed by atoms with Crippen LogP contribution in [0.4, 0.5) is 4.39 Å². The Hall–Kier alpha value is -1.87. The Morgan fingerprint density at radius 2 is 1.76 bits per heavy atom. The Morgan fingerprint density at radius 3 is 2.48 bits per heavy atom. The van der Waals surface area contributed by atoms with Gasteiger partial charge in [-0.3, -0.25) is 0 Å². The highest BCUT2D eigenvalue weighted by molar-refractivity contribution is 6.30. The highest BCUT2D eigenvalue weighted by atomic mass is 35.5. The molecule has 2 fully saturated rings. The molecule has 0 N–H and O–H groups in total. The van der Waals surface area contributed by atoms with Crippen molar-refractivity contribution in [1.82, 2.24) is 0 Å². The lowest BCUT2D eigenvalue weighted by Crippen LogP contribution is -2.30. The summed E-state index contributed by atoms with van der Waals surface area (Å²) in [6, 6.07) is 11.4. The van der Waals surface area contributed by atoms with Crippen LogP contribution < -0.4 is 4.74 Å². The van der Waals surface area contributed by atoms with Gasteiger partial charge in [0.2, 0.25) is 0 Å². The van der Waals surface area contributed by atoms with Crippen molar-refractivity contribution in [3.05, 3.63) is 64.4 Å². The van der Waals surface area contributed by atoms with Gasteiger partial charge >= 0.3 is 5.97 Å². The van der Waals surface area contributed by atoms with Crippen LogP contribution in [0.15, 0.2) is 42.5 Å². The van der Waals surface area contributed by atoms with E-state index in [4.69, 9.17) is 16.3 Å². The zero-order valence-electron chi connectivity index (χ0n) is 16.9. The van der Waals surface area contributed by atoms with Gasteiger partial charge in [0.25, 0.3) is 0 Å². The average molecular weight is 415 g/mol. The summed E-state index contributed by atoms with van der Waals surface area (Å²) in [5.74, 6) is 2.24. The molecule has 0 bridgehead atoms. The quantitative estimate of drug-likeness (QED) is 0.384. The molecule has 0 heterocycles. The maximum absolute atomic E-state index is 14.9. The molecule has 4 heteroatoms. The molecule has 4 atom stereocenters. The average Bonchev–Trinajstić information content (AvgIpc) is 2.74. The summed E-state index contributed by atoms with van der Waals surface area (Å²) >= 11 is 5.84. The molecule has 2 nitrogen and oxygen atoms in total. The highest BCUT2D eigenvalue weighted by Crippen LogP contribution is 2.48. The lowest BCUT2D eigenvalue weighted by atomic mass is 9.63. The van der Waals surface area contributed by atoms with E-state index in [1.54, 1.807) is 36.4 Å². The topological polar surface area (TPSA) is 26.3 Å². The third-order valence-corrected chi connectivity index (χ3v) is 7.25. The molecule has 154 valence electrons. The fourth-order valence-corrected chi connectivity index (χ4v) is 5.42. The van der Waals surface area contributed by atoms with Gasteiger partial charge in [-0.15, -0.1) is 0 Å². The molecular weight excluding hydrogens is 387 g/mol. The molecule has 2 aromatic rings. The Balaban J connectivity index is 1.42. The normalized spacial score (nSPS) is 26.6. The predicted octanol–water partition coefficient (Wildman–Crippen LogP) is 7.41. The Bertz CT molecular complexity index is 864. The lowest BCUT2D eigenvalue weighted by Gasteiger charge is -2.42. The minimum Gasteiger partial charge on any atom is -0.423 e. The molecule has 4 rings (SSSR count). The number of halogens is 2. The van der Waals surface area contributed by atoms with E-state index in [9.17, 15) is 9.18 Å². The van der Waals surface area contributed by atoms with Crippen LogP contribution in [0.1, 0.15) is 73.7 Å². The van der Waals surface area contributed by atoms with Crippen LogP contribution in [0.5, 0.6) is 5.75 Å². The molecule has 2 aliphatic carbocycles. The lowest BCUT2D eigenvalue weighted by molar-refractivity contribution is 0.0734. The summed E-state index contributed by atoms with van der Waals surface area (Å²) in [4.78, 5) is 12.4. The predicted molar refractivity (Wildman–Crippen MR) is 114 cm³/mol. The van der Waals surface area contributed by atoms with Crippen LogP contribution in [0.3, 0.4) is 0 Å². The Labute approximate surface area is 177 Å². The van der Waals surface area contributed by atoms with Gasteiger partial charge in [-0.2, -0.15) is 0 Å². The molecule has 1 unspecified atom stereocenters. The number of benzene rings is 2. The zero-order valence-corrected chi connectivity index (χ0v) is 17.6. The Morgan fingerprint density at radius 1 is 1.03 bits per heavy atom. The molecule has 2 aromatic carbocycles. The van der Waals surface area contributed by atoms with Crippen molar-refractivity contribution in [3.8, 4) is 5.75 Å². The van der Waals surface area contributed by atoms with Gasteiger partial charge in [0.15, 0.2) is 0 Å². The first-order chi connectivity index (χ1) is 14.0. The number of carbonyl (C=O) groups excluding carboxylic acids is 1. The van der Waals surface area contributed by atoms with E-state index in [1.165, 1.54) is 38.2 Å². The minimum atomic E-state index is -0.556. The van der Waals surface area contributed by atoms with E-state index in [0.29, 0.717) is 10.8 Å². The second kappa shape index (κ2) is 8.87. The highest BCUT2D eigenvalue weighted by Gasteiger charge is 2.36. The van der Waals surface area contributed by atoms with Crippen molar-refractivity contribution in [1.29, 1.82) is 0 Å². The molecule has 0 aliphatic heterocycles. The maximum Gasteiger partial charge on any atom is 0.343 e. The fourth-order valence-electron chi connectivity index (χ4n) is 5.29. The number of ether oxygens (including phenoxy) is 1. The second-order valence-electron chi connectivity index (χ2n) is 8.70. The molecule has 0 spiro atoms. The van der Waals surface area contributed by atoms with Gasteiger partial charge in [0, 0.05) is 5.02 Å². The monoisotopic (exact) mass is 414 g/mol. The van der Waals surface area contributed by atoms with Crippen LogP contribution in [-0.2, 0) is 0 Å². The fraction of sp³-hybridized carbons (Fsp3) is 0.480. The molecule has 0 radical (unpaired) electrons. The number of hydrogen-bond donors (Lipinski definition) is 0. The molecule has 2 aliphatic rings. The number of hydrogen-bond acceptors (Lipinski definition) is 2. The van der Waals surface area contributed by atoms with Crippen molar-refractivity contribution in [3.63, 3.8) is 0 Å². The number of rotatable bonds is 4. The Kier molecular flexibility index (Phi) is 6.24. The number of carbonyl (C=O) groups is 1. The molecular formula is C25H28ClFO2. The first kappa shape index (κ1) is 20.4. The SMILES string of the molecule is CC[C@H]1CC[C@@H]2CC(c3ccc(C(=O)Oc4ccc(Cl)cc4)cc3F)CC[C@H]2C1. The van der Waals surface area contributed by atoms with Gasteiger partial charge in [-0.25, -0.2) is 9.18 Å². The van der Waals surface area contributed by atoms with Gasteiger partial charge in [-0.05, 0) is 97.7 Å². The summed E-state index contributed by atoms with van der Waals surface area (Å²) in [7, 11) is 0. The number of fused-ring (bicyclic) bond motifs is 1. The standard InChI is InChI=1S/C25H28ClFO2/c1-2-16-3-4-18-14-19(6-5-17(18)13-16)23-12-7-20(15-24(23)27)25(28)29-22-10-8-21(26)9-11-22/h7-12,15-19H,2-6,13-14H2,1H3/t16-,17-,18+,19?/m0/s1. The van der Waals surface area contributed by atoms with Crippen LogP contribution >= 0.6 is 11.6 Å². The molecule has 2 saturated carbocycles. The third-order valence-electron chi connectivity index (χ3n) is 7.00. The van der Waals surface area contributed by atoms with Crippen molar-refractivity contribution >= 4 is 17.6 Å². The second-order valence-corrected chi connectivity index (χ2v) is 9.13. The maximum atomic E-state index is 14.9. The van der Waals surface area contributed by atoms with Gasteiger partial charge < -0.3 is 4.74 Å². The first-order valence-corrected chi connectivity index (χ1v) is 11.2. The van der Waals surface area contributed by atoms with Crippen molar-refractivity contribution in [2.75, 3.05) is 0 Å². The summed E-state index contributed by atoms with van der Waals surface area (Å²) < 4.78 is 20.2. The first-order valence-electron chi connectivity index (χ1n) is 10.8. The van der Waals surface area contributed by atoms with Gasteiger partial charge in [0.05, 0.1) is 5.56 Å². The largest absolute Gasteiger partial charge is 0.423 e. The summed E-state index contributed by atoms with van der Waals surface area (Å²) in [6.45, 7) is 2.30. The molecule has 0 aromatic heterocycles. The third kappa shape index (κ3) is 4.66. The van der Waals surface area contributed by atoms with E-state index in [2.05, 4.69) is 6.92 Å². The van der Waals surface area contributed by atoms with Crippen LogP contribution in [0.25, 0.3) is 0 Å². The van der Waals surface area contributed by atoms with E-state index in [0.717, 1.165) is 36.2 Å². The van der Waals surface area contributed by atoms with Crippen molar-refractivity contribution in [2.24, 2.45) is 17.8 Å². The van der Waals surface area contributed by atoms with E-state index >= 15 is 0 Å². The summed E-state index contributed by atoms with van der Waals surface area (Å²) in [6.07, 6.45) is 8.57.